The lowest BCUT2D eigenvalue weighted by Gasteiger charge is -2.11. The Kier molecular flexibility index (Phi) is 4.78. The van der Waals surface area contributed by atoms with Crippen LogP contribution in [0.1, 0.15) is 5.69 Å². The summed E-state index contributed by atoms with van der Waals surface area (Å²) in [6.07, 6.45) is 4.42. The molecule has 0 aliphatic rings. The number of nitriles is 1. The zero-order valence-corrected chi connectivity index (χ0v) is 15.0. The molecule has 0 radical (unpaired) electrons. The lowest BCUT2D eigenvalue weighted by molar-refractivity contribution is 0.443. The van der Waals surface area contributed by atoms with Crippen LogP contribution in [-0.2, 0) is 0 Å². The van der Waals surface area contributed by atoms with Crippen LogP contribution < -0.4 is 10.5 Å². The van der Waals surface area contributed by atoms with Crippen molar-refractivity contribution in [1.29, 1.82) is 5.26 Å². The minimum atomic E-state index is -0.552. The van der Waals surface area contributed by atoms with Crippen molar-refractivity contribution in [1.82, 2.24) is 19.9 Å². The van der Waals surface area contributed by atoms with Crippen molar-refractivity contribution in [3.8, 4) is 40.2 Å². The molecular formula is C21H13FN6O. The van der Waals surface area contributed by atoms with Gasteiger partial charge in [-0.2, -0.15) is 5.26 Å². The van der Waals surface area contributed by atoms with Crippen LogP contribution in [0.5, 0.6) is 11.8 Å². The second-order valence-electron chi connectivity index (χ2n) is 5.93. The normalized spacial score (nSPS) is 10.3. The number of aromatic nitrogens is 4. The fraction of sp³-hybridized carbons (Fsp3) is 0. The van der Waals surface area contributed by atoms with Crippen molar-refractivity contribution in [2.24, 2.45) is 0 Å². The first kappa shape index (κ1) is 18.0. The van der Waals surface area contributed by atoms with Gasteiger partial charge in [-0.1, -0.05) is 24.3 Å². The number of nitrogen functional groups attached to an aromatic ring is 1. The lowest BCUT2D eigenvalue weighted by Crippen LogP contribution is -2.00. The molecule has 0 aliphatic heterocycles. The van der Waals surface area contributed by atoms with Gasteiger partial charge in [0.05, 0.1) is 6.20 Å². The largest absolute Gasteiger partial charge is 0.424 e. The molecule has 0 atom stereocenters. The van der Waals surface area contributed by atoms with Gasteiger partial charge in [-0.3, -0.25) is 0 Å². The second kappa shape index (κ2) is 7.70. The van der Waals surface area contributed by atoms with E-state index in [0.29, 0.717) is 16.9 Å². The third-order valence-electron chi connectivity index (χ3n) is 4.06. The van der Waals surface area contributed by atoms with Gasteiger partial charge in [0, 0.05) is 23.5 Å². The average Bonchev–Trinajstić information content (AvgIpc) is 2.75. The molecule has 2 aromatic heterocycles. The van der Waals surface area contributed by atoms with Crippen LogP contribution in [0, 0.1) is 17.1 Å². The number of halogens is 1. The second-order valence-corrected chi connectivity index (χ2v) is 5.93. The number of nitrogens with two attached hydrogens (primary N) is 1. The molecule has 8 heteroatoms. The SMILES string of the molecule is N#Cc1nc(N)cnc1-c1ccc(-c2ccccc2Oc2ncccn2)cc1F. The average molecular weight is 384 g/mol. The van der Waals surface area contributed by atoms with Crippen LogP contribution in [0.15, 0.2) is 67.1 Å². The number of hydrogen-bond acceptors (Lipinski definition) is 7. The molecule has 2 heterocycles. The number of para-hydroxylation sites is 1. The Balaban J connectivity index is 1.74. The smallest absolute Gasteiger partial charge is 0.321 e. The molecule has 4 rings (SSSR count). The van der Waals surface area contributed by atoms with E-state index in [1.807, 2.05) is 12.1 Å². The summed E-state index contributed by atoms with van der Waals surface area (Å²) < 4.78 is 20.7. The number of benzene rings is 2. The maximum absolute atomic E-state index is 14.9. The summed E-state index contributed by atoms with van der Waals surface area (Å²) in [5, 5.41) is 9.25. The summed E-state index contributed by atoms with van der Waals surface area (Å²) in [6.45, 7) is 0. The van der Waals surface area contributed by atoms with Crippen molar-refractivity contribution < 1.29 is 9.13 Å². The first-order valence-electron chi connectivity index (χ1n) is 8.52. The standard InChI is InChI=1S/C21H13FN6O/c22-16-10-13(6-7-15(16)20-17(11-23)28-19(24)12-27-20)14-4-1-2-5-18(14)29-21-25-8-3-9-26-21/h1-10,12H,(H2,24,28). The molecule has 140 valence electrons. The van der Waals surface area contributed by atoms with E-state index < -0.39 is 5.82 Å². The number of rotatable bonds is 4. The quantitative estimate of drug-likeness (QED) is 0.566. The van der Waals surface area contributed by atoms with Gasteiger partial charge in [0.1, 0.15) is 29.1 Å². The van der Waals surface area contributed by atoms with E-state index in [9.17, 15) is 9.65 Å². The minimum Gasteiger partial charge on any atom is -0.424 e. The van der Waals surface area contributed by atoms with Crippen LogP contribution in [0.4, 0.5) is 10.2 Å². The van der Waals surface area contributed by atoms with Crippen molar-refractivity contribution in [2.45, 2.75) is 0 Å². The van der Waals surface area contributed by atoms with E-state index in [1.54, 1.807) is 48.8 Å². The molecule has 0 spiro atoms. The molecule has 2 N–H and O–H groups in total. The van der Waals surface area contributed by atoms with Crippen LogP contribution in [0.25, 0.3) is 22.4 Å². The third kappa shape index (κ3) is 3.70. The number of hydrogen-bond donors (Lipinski definition) is 1. The molecule has 2 aromatic carbocycles. The first-order chi connectivity index (χ1) is 14.2. The highest BCUT2D eigenvalue weighted by Crippen LogP contribution is 2.34. The van der Waals surface area contributed by atoms with Gasteiger partial charge in [-0.15, -0.1) is 0 Å². The highest BCUT2D eigenvalue weighted by atomic mass is 19.1. The molecular weight excluding hydrogens is 371 g/mol. The molecule has 4 aromatic rings. The lowest BCUT2D eigenvalue weighted by atomic mass is 10.0. The van der Waals surface area contributed by atoms with Gasteiger partial charge in [0.2, 0.25) is 0 Å². The Morgan fingerprint density at radius 2 is 1.76 bits per heavy atom. The molecule has 0 unspecified atom stereocenters. The monoisotopic (exact) mass is 384 g/mol. The zero-order chi connectivity index (χ0) is 20.2. The van der Waals surface area contributed by atoms with Gasteiger partial charge in [-0.25, -0.2) is 24.3 Å². The predicted molar refractivity (Wildman–Crippen MR) is 104 cm³/mol. The van der Waals surface area contributed by atoms with Crippen molar-refractivity contribution in [2.75, 3.05) is 5.73 Å². The molecule has 0 amide bonds. The molecule has 0 saturated heterocycles. The summed E-state index contributed by atoms with van der Waals surface area (Å²) in [4.78, 5) is 16.1. The fourth-order valence-electron chi connectivity index (χ4n) is 2.78. The van der Waals surface area contributed by atoms with E-state index in [2.05, 4.69) is 19.9 Å². The Morgan fingerprint density at radius 1 is 0.966 bits per heavy atom. The number of nitrogens with zero attached hydrogens (tertiary/aromatic N) is 5. The topological polar surface area (TPSA) is 111 Å². The van der Waals surface area contributed by atoms with E-state index in [1.165, 1.54) is 12.3 Å². The van der Waals surface area contributed by atoms with Crippen molar-refractivity contribution in [3.05, 3.63) is 78.6 Å². The van der Waals surface area contributed by atoms with Crippen molar-refractivity contribution >= 4 is 5.82 Å². The summed E-state index contributed by atoms with van der Waals surface area (Å²) >= 11 is 0. The van der Waals surface area contributed by atoms with Crippen LogP contribution in [0.2, 0.25) is 0 Å². The molecule has 0 bridgehead atoms. The molecule has 0 fully saturated rings. The van der Waals surface area contributed by atoms with Crippen LogP contribution in [-0.4, -0.2) is 19.9 Å². The van der Waals surface area contributed by atoms with E-state index in [0.717, 1.165) is 0 Å². The van der Waals surface area contributed by atoms with Crippen molar-refractivity contribution in [3.63, 3.8) is 0 Å². The van der Waals surface area contributed by atoms with Crippen LogP contribution >= 0.6 is 0 Å². The maximum Gasteiger partial charge on any atom is 0.321 e. The van der Waals surface area contributed by atoms with Gasteiger partial charge < -0.3 is 10.5 Å². The van der Waals surface area contributed by atoms with E-state index in [4.69, 9.17) is 10.5 Å². The number of anilines is 1. The Bertz CT molecular complexity index is 1220. The van der Waals surface area contributed by atoms with Gasteiger partial charge >= 0.3 is 6.01 Å². The fourth-order valence-corrected chi connectivity index (χ4v) is 2.78. The Labute approximate surface area is 165 Å². The molecule has 29 heavy (non-hydrogen) atoms. The summed E-state index contributed by atoms with van der Waals surface area (Å²) in [7, 11) is 0. The predicted octanol–water partition coefficient (Wildman–Crippen LogP) is 3.99. The number of ether oxygens (including phenoxy) is 1. The minimum absolute atomic E-state index is 0.0402. The zero-order valence-electron chi connectivity index (χ0n) is 15.0. The summed E-state index contributed by atoms with van der Waals surface area (Å²) in [5.74, 6) is 0.0243. The van der Waals surface area contributed by atoms with E-state index >= 15 is 0 Å². The Hall–Kier alpha value is -4.38. The highest BCUT2D eigenvalue weighted by Gasteiger charge is 2.16. The summed E-state index contributed by atoms with van der Waals surface area (Å²) in [6, 6.07) is 15.5. The van der Waals surface area contributed by atoms with Gasteiger partial charge in [0.25, 0.3) is 0 Å². The van der Waals surface area contributed by atoms with Gasteiger partial charge in [-0.05, 0) is 29.8 Å². The van der Waals surface area contributed by atoms with Crippen LogP contribution in [0.3, 0.4) is 0 Å². The Morgan fingerprint density at radius 3 is 2.52 bits per heavy atom. The third-order valence-corrected chi connectivity index (χ3v) is 4.06. The molecule has 0 saturated carbocycles. The van der Waals surface area contributed by atoms with E-state index in [-0.39, 0.29) is 28.8 Å². The highest BCUT2D eigenvalue weighted by molar-refractivity contribution is 5.75. The molecule has 0 aliphatic carbocycles. The summed E-state index contributed by atoms with van der Waals surface area (Å²) in [5.41, 5.74) is 7.05. The van der Waals surface area contributed by atoms with Gasteiger partial charge in [0.15, 0.2) is 5.69 Å². The molecule has 7 nitrogen and oxygen atoms in total. The first-order valence-corrected chi connectivity index (χ1v) is 8.52. The maximum atomic E-state index is 14.9.